The molecule has 3 aliphatic heterocycles. The quantitative estimate of drug-likeness (QED) is 0.776. The average molecular weight is 279 g/mol. The van der Waals surface area contributed by atoms with Crippen LogP contribution in [0.1, 0.15) is 44.9 Å². The van der Waals surface area contributed by atoms with Crippen LogP contribution in [0.4, 0.5) is 0 Å². The Morgan fingerprint density at radius 2 is 2.20 bits per heavy atom. The molecule has 110 valence electrons. The van der Waals surface area contributed by atoms with Crippen molar-refractivity contribution in [3.63, 3.8) is 0 Å². The van der Waals surface area contributed by atoms with E-state index in [-0.39, 0.29) is 29.4 Å². The molecule has 4 fully saturated rings. The lowest BCUT2D eigenvalue weighted by molar-refractivity contribution is -0.150. The summed E-state index contributed by atoms with van der Waals surface area (Å²) in [7, 11) is 0. The van der Waals surface area contributed by atoms with Gasteiger partial charge in [0.1, 0.15) is 0 Å². The van der Waals surface area contributed by atoms with Gasteiger partial charge in [-0.1, -0.05) is 12.8 Å². The van der Waals surface area contributed by atoms with Crippen molar-refractivity contribution in [2.75, 3.05) is 13.2 Å². The van der Waals surface area contributed by atoms with Crippen molar-refractivity contribution in [3.05, 3.63) is 0 Å². The minimum Gasteiger partial charge on any atom is -0.481 e. The lowest BCUT2D eigenvalue weighted by atomic mass is 9.59. The number of carboxylic acid groups (broad SMARTS) is 1. The number of carboxylic acids is 1. The Kier molecular flexibility index (Phi) is 2.50. The molecular weight excluding hydrogens is 258 g/mol. The molecular formula is C15H21NO4. The normalized spacial score (nSPS) is 46.2. The molecule has 0 radical (unpaired) electrons. The van der Waals surface area contributed by atoms with Gasteiger partial charge in [0.15, 0.2) is 0 Å². The molecule has 0 aromatic carbocycles. The number of ether oxygens (including phenoxy) is 1. The van der Waals surface area contributed by atoms with Gasteiger partial charge in [0.2, 0.25) is 5.91 Å². The van der Waals surface area contributed by atoms with Crippen molar-refractivity contribution >= 4 is 11.9 Å². The second-order valence-electron chi connectivity index (χ2n) is 6.94. The van der Waals surface area contributed by atoms with E-state index in [0.29, 0.717) is 18.9 Å². The number of carbonyl (C=O) groups excluding carboxylic acids is 1. The third-order valence-electron chi connectivity index (χ3n) is 6.20. The van der Waals surface area contributed by atoms with E-state index in [2.05, 4.69) is 0 Å². The zero-order valence-corrected chi connectivity index (χ0v) is 11.6. The Bertz CT molecular complexity index is 472. The largest absolute Gasteiger partial charge is 0.481 e. The second kappa shape index (κ2) is 3.97. The van der Waals surface area contributed by atoms with Gasteiger partial charge in [-0.15, -0.1) is 0 Å². The lowest BCUT2D eigenvalue weighted by Crippen LogP contribution is -2.64. The predicted molar refractivity (Wildman–Crippen MR) is 70.1 cm³/mol. The summed E-state index contributed by atoms with van der Waals surface area (Å²) >= 11 is 0. The molecule has 3 saturated heterocycles. The minimum absolute atomic E-state index is 0.0157. The molecule has 5 heteroatoms. The van der Waals surface area contributed by atoms with Gasteiger partial charge in [0.05, 0.1) is 24.2 Å². The van der Waals surface area contributed by atoms with Crippen LogP contribution in [0.2, 0.25) is 0 Å². The Balaban J connectivity index is 1.78. The van der Waals surface area contributed by atoms with Crippen LogP contribution < -0.4 is 0 Å². The molecule has 1 amide bonds. The van der Waals surface area contributed by atoms with Gasteiger partial charge in [0.25, 0.3) is 0 Å². The highest BCUT2D eigenvalue weighted by molar-refractivity contribution is 5.81. The monoisotopic (exact) mass is 279 g/mol. The Hall–Kier alpha value is -1.10. The zero-order valence-electron chi connectivity index (χ0n) is 11.6. The fourth-order valence-corrected chi connectivity index (χ4v) is 5.33. The first-order chi connectivity index (χ1) is 9.58. The second-order valence-corrected chi connectivity index (χ2v) is 6.94. The summed E-state index contributed by atoms with van der Waals surface area (Å²) in [6, 6.07) is 0. The van der Waals surface area contributed by atoms with Crippen LogP contribution in [0.5, 0.6) is 0 Å². The SMILES string of the molecule is O=C(O)C[C@H]1C23CCCC[C@H]2CC(=O)N3CC[C@]12CO2. The molecule has 4 aliphatic rings. The van der Waals surface area contributed by atoms with Crippen molar-refractivity contribution in [3.8, 4) is 0 Å². The van der Waals surface area contributed by atoms with Gasteiger partial charge in [0, 0.05) is 18.9 Å². The van der Waals surface area contributed by atoms with Crippen LogP contribution in [0.15, 0.2) is 0 Å². The summed E-state index contributed by atoms with van der Waals surface area (Å²) in [5.41, 5.74) is -0.461. The third-order valence-corrected chi connectivity index (χ3v) is 6.20. The number of amides is 1. The maximum Gasteiger partial charge on any atom is 0.303 e. The highest BCUT2D eigenvalue weighted by atomic mass is 16.6. The van der Waals surface area contributed by atoms with Crippen molar-refractivity contribution in [1.82, 2.24) is 4.90 Å². The Labute approximate surface area is 118 Å². The van der Waals surface area contributed by atoms with Crippen molar-refractivity contribution in [1.29, 1.82) is 0 Å². The van der Waals surface area contributed by atoms with Crippen molar-refractivity contribution < 1.29 is 19.4 Å². The molecule has 4 atom stereocenters. The van der Waals surface area contributed by atoms with E-state index in [4.69, 9.17) is 4.74 Å². The van der Waals surface area contributed by atoms with E-state index in [1.807, 2.05) is 4.90 Å². The molecule has 2 spiro atoms. The van der Waals surface area contributed by atoms with Gasteiger partial charge >= 0.3 is 5.97 Å². The zero-order chi connectivity index (χ0) is 14.0. The highest BCUT2D eigenvalue weighted by Gasteiger charge is 2.69. The Morgan fingerprint density at radius 1 is 1.40 bits per heavy atom. The summed E-state index contributed by atoms with van der Waals surface area (Å²) in [6.45, 7) is 1.44. The molecule has 0 aromatic rings. The fraction of sp³-hybridized carbons (Fsp3) is 0.867. The molecule has 0 aromatic heterocycles. The molecule has 1 unspecified atom stereocenters. The molecule has 4 rings (SSSR count). The molecule has 5 nitrogen and oxygen atoms in total. The summed E-state index contributed by atoms with van der Waals surface area (Å²) in [6.07, 6.45) is 5.87. The number of nitrogens with zero attached hydrogens (tertiary/aromatic N) is 1. The molecule has 3 heterocycles. The van der Waals surface area contributed by atoms with Crippen LogP contribution in [-0.4, -0.2) is 46.2 Å². The first kappa shape index (κ1) is 12.6. The van der Waals surface area contributed by atoms with E-state index in [9.17, 15) is 14.7 Å². The van der Waals surface area contributed by atoms with Crippen LogP contribution in [0.3, 0.4) is 0 Å². The fourth-order valence-electron chi connectivity index (χ4n) is 5.33. The van der Waals surface area contributed by atoms with Crippen LogP contribution in [-0.2, 0) is 14.3 Å². The number of rotatable bonds is 2. The van der Waals surface area contributed by atoms with E-state index in [1.54, 1.807) is 0 Å². The topological polar surface area (TPSA) is 70.1 Å². The minimum atomic E-state index is -0.759. The molecule has 1 N–H and O–H groups in total. The van der Waals surface area contributed by atoms with Crippen molar-refractivity contribution in [2.45, 2.75) is 56.1 Å². The van der Waals surface area contributed by atoms with Crippen LogP contribution >= 0.6 is 0 Å². The number of epoxide rings is 1. The molecule has 1 saturated carbocycles. The average Bonchev–Trinajstić information content (AvgIpc) is 3.11. The molecule has 20 heavy (non-hydrogen) atoms. The van der Waals surface area contributed by atoms with Gasteiger partial charge in [-0.25, -0.2) is 0 Å². The highest BCUT2D eigenvalue weighted by Crippen LogP contribution is 2.60. The summed E-state index contributed by atoms with van der Waals surface area (Å²) in [5, 5.41) is 9.34. The van der Waals surface area contributed by atoms with E-state index < -0.39 is 5.97 Å². The Morgan fingerprint density at radius 3 is 2.90 bits per heavy atom. The van der Waals surface area contributed by atoms with Crippen LogP contribution in [0.25, 0.3) is 0 Å². The van der Waals surface area contributed by atoms with Gasteiger partial charge < -0.3 is 14.7 Å². The third kappa shape index (κ3) is 1.47. The number of hydrogen-bond donors (Lipinski definition) is 1. The maximum atomic E-state index is 12.4. The summed E-state index contributed by atoms with van der Waals surface area (Å²) in [4.78, 5) is 25.8. The first-order valence-corrected chi connectivity index (χ1v) is 7.75. The van der Waals surface area contributed by atoms with Gasteiger partial charge in [-0.2, -0.15) is 0 Å². The maximum absolute atomic E-state index is 12.4. The summed E-state index contributed by atoms with van der Waals surface area (Å²) in [5.74, 6) is -0.194. The predicted octanol–water partition coefficient (Wildman–Crippen LogP) is 1.41. The van der Waals surface area contributed by atoms with Crippen molar-refractivity contribution in [2.24, 2.45) is 11.8 Å². The van der Waals surface area contributed by atoms with Gasteiger partial charge in [-0.05, 0) is 25.2 Å². The summed E-state index contributed by atoms with van der Waals surface area (Å²) < 4.78 is 5.74. The van der Waals surface area contributed by atoms with E-state index in [0.717, 1.165) is 32.2 Å². The first-order valence-electron chi connectivity index (χ1n) is 7.75. The standard InChI is InChI=1S/C15H21NO4/c17-12-7-10-3-1-2-4-15(10)11(8-13(18)19)14(9-20-14)5-6-16(12)15/h10-11H,1-9H2,(H,18,19)/t10-,11+,14-,15?/m0/s1. The molecule has 0 bridgehead atoms. The molecule has 1 aliphatic carbocycles. The van der Waals surface area contributed by atoms with E-state index in [1.165, 1.54) is 6.42 Å². The van der Waals surface area contributed by atoms with Gasteiger partial charge in [-0.3, -0.25) is 9.59 Å². The number of aliphatic carboxylic acids is 1. The lowest BCUT2D eigenvalue weighted by Gasteiger charge is -2.55. The number of piperidine rings is 1. The van der Waals surface area contributed by atoms with E-state index >= 15 is 0 Å². The smallest absolute Gasteiger partial charge is 0.303 e. The number of carbonyl (C=O) groups is 2. The number of hydrogen-bond acceptors (Lipinski definition) is 3. The van der Waals surface area contributed by atoms with Crippen LogP contribution in [0, 0.1) is 11.8 Å².